The molecule has 2 aromatic rings. The summed E-state index contributed by atoms with van der Waals surface area (Å²) in [6.45, 7) is 1.98. The zero-order valence-electron chi connectivity index (χ0n) is 19.2. The number of thioether (sulfide) groups is 1. The Morgan fingerprint density at radius 1 is 1.03 bits per heavy atom. The zero-order valence-corrected chi connectivity index (χ0v) is 20.1. The molecule has 0 aromatic heterocycles. The number of likely N-dealkylation sites (tertiary alicyclic amines) is 1. The molecule has 3 fully saturated rings. The molecule has 2 heterocycles. The molecule has 0 unspecified atom stereocenters. The first-order chi connectivity index (χ1) is 16.6. The minimum atomic E-state index is -0.396. The smallest absolute Gasteiger partial charge is 0.279 e. The van der Waals surface area contributed by atoms with Crippen molar-refractivity contribution in [2.45, 2.75) is 37.6 Å². The molecule has 3 aliphatic rings. The normalized spacial score (nSPS) is 23.1. The van der Waals surface area contributed by atoms with Crippen LogP contribution < -0.4 is 10.6 Å². The van der Waals surface area contributed by atoms with Crippen LogP contribution in [0.1, 0.15) is 42.7 Å². The minimum Gasteiger partial charge on any atom is -0.356 e. The van der Waals surface area contributed by atoms with Crippen LogP contribution in [-0.4, -0.2) is 53.4 Å². The number of benzene rings is 2. The number of amides is 3. The van der Waals surface area contributed by atoms with Crippen LogP contribution in [0.4, 0.5) is 4.79 Å². The molecule has 6 nitrogen and oxygen atoms in total. The highest BCUT2D eigenvalue weighted by Gasteiger charge is 2.58. The van der Waals surface area contributed by atoms with Gasteiger partial charge in [0.15, 0.2) is 0 Å². The third-order valence-corrected chi connectivity index (χ3v) is 8.56. The molecule has 178 valence electrons. The third-order valence-electron chi connectivity index (χ3n) is 7.68. The lowest BCUT2D eigenvalue weighted by molar-refractivity contribution is -0.134. The maximum Gasteiger partial charge on any atom is 0.279 e. The molecule has 2 aliphatic heterocycles. The fourth-order valence-electron chi connectivity index (χ4n) is 5.54. The molecule has 2 saturated heterocycles. The van der Waals surface area contributed by atoms with Gasteiger partial charge in [-0.25, -0.2) is 0 Å². The van der Waals surface area contributed by atoms with Crippen LogP contribution in [0.3, 0.4) is 0 Å². The maximum absolute atomic E-state index is 13.0. The highest BCUT2D eigenvalue weighted by molar-refractivity contribution is 8.14. The molecule has 1 aliphatic carbocycles. The van der Waals surface area contributed by atoms with Gasteiger partial charge in [-0.05, 0) is 42.2 Å². The molecule has 2 atom stereocenters. The maximum atomic E-state index is 13.0. The number of hydrogen-bond acceptors (Lipinski definition) is 4. The van der Waals surface area contributed by atoms with E-state index >= 15 is 0 Å². The number of nitrogens with zero attached hydrogens (tertiary/aromatic N) is 1. The fourth-order valence-corrected chi connectivity index (χ4v) is 6.31. The van der Waals surface area contributed by atoms with E-state index in [0.29, 0.717) is 25.4 Å². The average molecular weight is 478 g/mol. The highest BCUT2D eigenvalue weighted by Crippen LogP contribution is 2.59. The van der Waals surface area contributed by atoms with Crippen LogP contribution >= 0.6 is 11.8 Å². The van der Waals surface area contributed by atoms with Gasteiger partial charge in [-0.3, -0.25) is 14.4 Å². The zero-order chi connectivity index (χ0) is 23.5. The molecule has 2 N–H and O–H groups in total. The summed E-state index contributed by atoms with van der Waals surface area (Å²) in [5.74, 6) is 0.983. The van der Waals surface area contributed by atoms with Gasteiger partial charge in [-0.1, -0.05) is 72.4 Å². The van der Waals surface area contributed by atoms with Crippen molar-refractivity contribution in [3.8, 4) is 0 Å². The predicted octanol–water partition coefficient (Wildman–Crippen LogP) is 3.78. The Bertz CT molecular complexity index is 998. The van der Waals surface area contributed by atoms with Gasteiger partial charge in [0.2, 0.25) is 11.8 Å². The van der Waals surface area contributed by atoms with Gasteiger partial charge in [0.05, 0.1) is 0 Å². The van der Waals surface area contributed by atoms with E-state index in [0.717, 1.165) is 25.7 Å². The van der Waals surface area contributed by atoms with Gasteiger partial charge in [-0.15, -0.1) is 0 Å². The quantitative estimate of drug-likeness (QED) is 0.636. The van der Waals surface area contributed by atoms with E-state index < -0.39 is 6.04 Å². The Morgan fingerprint density at radius 2 is 1.65 bits per heavy atom. The second-order valence-corrected chi connectivity index (χ2v) is 10.7. The van der Waals surface area contributed by atoms with Crippen molar-refractivity contribution in [2.24, 2.45) is 11.3 Å². The summed E-state index contributed by atoms with van der Waals surface area (Å²) in [6, 6.07) is 20.5. The third kappa shape index (κ3) is 4.85. The van der Waals surface area contributed by atoms with E-state index in [1.165, 1.54) is 22.9 Å². The first-order valence-electron chi connectivity index (χ1n) is 12.2. The van der Waals surface area contributed by atoms with Crippen molar-refractivity contribution in [2.75, 3.05) is 25.4 Å². The van der Waals surface area contributed by atoms with Gasteiger partial charge >= 0.3 is 0 Å². The average Bonchev–Trinajstić information content (AvgIpc) is 3.40. The largest absolute Gasteiger partial charge is 0.356 e. The fraction of sp³-hybridized carbons (Fsp3) is 0.444. The number of piperidine rings is 1. The first kappa shape index (κ1) is 23.0. The Kier molecular flexibility index (Phi) is 6.63. The van der Waals surface area contributed by atoms with Crippen LogP contribution in [0.25, 0.3) is 0 Å². The molecular formula is C27H31N3O3S. The van der Waals surface area contributed by atoms with E-state index in [-0.39, 0.29) is 34.3 Å². The topological polar surface area (TPSA) is 78.5 Å². The number of carbonyl (C=O) groups excluding carboxylic acids is 3. The van der Waals surface area contributed by atoms with E-state index in [4.69, 9.17) is 0 Å². The molecule has 0 bridgehead atoms. The number of rotatable bonds is 7. The lowest BCUT2D eigenvalue weighted by Gasteiger charge is -2.34. The van der Waals surface area contributed by atoms with Crippen LogP contribution in [0, 0.1) is 11.3 Å². The molecule has 34 heavy (non-hydrogen) atoms. The number of hydrogen-bond donors (Lipinski definition) is 2. The first-order valence-corrected chi connectivity index (χ1v) is 13.1. The second-order valence-electron chi connectivity index (χ2n) is 9.69. The van der Waals surface area contributed by atoms with Crippen molar-refractivity contribution in [1.29, 1.82) is 0 Å². The molecule has 0 radical (unpaired) electrons. The summed E-state index contributed by atoms with van der Waals surface area (Å²) < 4.78 is 0. The molecular weight excluding hydrogens is 446 g/mol. The molecule has 5 rings (SSSR count). The van der Waals surface area contributed by atoms with Gasteiger partial charge < -0.3 is 15.5 Å². The number of carbonyl (C=O) groups is 3. The molecule has 1 saturated carbocycles. The van der Waals surface area contributed by atoms with Crippen molar-refractivity contribution < 1.29 is 14.4 Å². The lowest BCUT2D eigenvalue weighted by Crippen LogP contribution is -2.49. The molecule has 7 heteroatoms. The predicted molar refractivity (Wildman–Crippen MR) is 133 cm³/mol. The molecule has 2 aromatic carbocycles. The standard InChI is InChI=1S/C27H31N3O3S/c31-24(28-14-11-21(19-7-3-1-4-8-19)20-9-5-2-6-10-20)22-17-27(22)12-15-30(16-13-27)25(32)23-18-34-26(33)29-23/h1-10,21-23H,11-18H2,(H,28,31)(H,29,33)/t22-,23+/m1/s1. The van der Waals surface area contributed by atoms with Crippen molar-refractivity contribution in [1.82, 2.24) is 15.5 Å². The van der Waals surface area contributed by atoms with E-state index in [9.17, 15) is 14.4 Å². The Morgan fingerprint density at radius 3 is 2.21 bits per heavy atom. The monoisotopic (exact) mass is 477 g/mol. The molecule has 1 spiro atoms. The second kappa shape index (κ2) is 9.82. The number of nitrogens with one attached hydrogen (secondary N) is 2. The van der Waals surface area contributed by atoms with E-state index in [1.54, 1.807) is 0 Å². The summed E-state index contributed by atoms with van der Waals surface area (Å²) in [5, 5.41) is 5.82. The summed E-state index contributed by atoms with van der Waals surface area (Å²) >= 11 is 1.17. The highest BCUT2D eigenvalue weighted by atomic mass is 32.2. The van der Waals surface area contributed by atoms with Crippen LogP contribution in [0.5, 0.6) is 0 Å². The van der Waals surface area contributed by atoms with Crippen molar-refractivity contribution >= 4 is 28.8 Å². The van der Waals surface area contributed by atoms with Crippen molar-refractivity contribution in [3.63, 3.8) is 0 Å². The van der Waals surface area contributed by atoms with E-state index in [1.807, 2.05) is 17.0 Å². The summed E-state index contributed by atoms with van der Waals surface area (Å²) in [6.07, 6.45) is 3.49. The summed E-state index contributed by atoms with van der Waals surface area (Å²) in [4.78, 5) is 38.9. The molecule has 3 amide bonds. The van der Waals surface area contributed by atoms with Gasteiger partial charge in [0, 0.05) is 37.2 Å². The minimum absolute atomic E-state index is 0.0164. The van der Waals surface area contributed by atoms with Gasteiger partial charge in [0.1, 0.15) is 6.04 Å². The lowest BCUT2D eigenvalue weighted by atomic mass is 9.88. The van der Waals surface area contributed by atoms with Crippen molar-refractivity contribution in [3.05, 3.63) is 71.8 Å². The van der Waals surface area contributed by atoms with Crippen LogP contribution in [0.2, 0.25) is 0 Å². The Hall–Kier alpha value is -2.80. The SMILES string of the molecule is O=C1N[C@H](C(=O)N2CCC3(CC2)C[C@@H]3C(=O)NCCC(c2ccccc2)c2ccccc2)CS1. The summed E-state index contributed by atoms with van der Waals surface area (Å²) in [5.41, 5.74) is 2.58. The van der Waals surface area contributed by atoms with Crippen LogP contribution in [-0.2, 0) is 9.59 Å². The van der Waals surface area contributed by atoms with E-state index in [2.05, 4.69) is 59.2 Å². The Balaban J connectivity index is 1.11. The van der Waals surface area contributed by atoms with Crippen LogP contribution in [0.15, 0.2) is 60.7 Å². The van der Waals surface area contributed by atoms with Gasteiger partial charge in [0.25, 0.3) is 5.24 Å². The summed E-state index contributed by atoms with van der Waals surface area (Å²) in [7, 11) is 0. The Labute approximate surface area is 204 Å². The van der Waals surface area contributed by atoms with Gasteiger partial charge in [-0.2, -0.15) is 0 Å².